The Morgan fingerprint density at radius 3 is 3.00 bits per heavy atom. The summed E-state index contributed by atoms with van der Waals surface area (Å²) in [6.45, 7) is 1.90. The summed E-state index contributed by atoms with van der Waals surface area (Å²) in [5, 5.41) is 11.3. The summed E-state index contributed by atoms with van der Waals surface area (Å²) >= 11 is 1.46. The fraction of sp³-hybridized carbons (Fsp3) is 0.231. The van der Waals surface area contributed by atoms with E-state index < -0.39 is 0 Å². The van der Waals surface area contributed by atoms with Crippen LogP contribution in [0.4, 0.5) is 0 Å². The number of carbonyl (C=O) groups excluding carboxylic acids is 1. The molecule has 22 heavy (non-hydrogen) atoms. The molecule has 0 saturated carbocycles. The van der Waals surface area contributed by atoms with Gasteiger partial charge in [-0.1, -0.05) is 11.3 Å². The molecule has 1 N–H and O–H groups in total. The Hall–Kier alpha value is -2.68. The molecule has 0 bridgehead atoms. The van der Waals surface area contributed by atoms with Crippen LogP contribution in [0, 0.1) is 0 Å². The minimum Gasteiger partial charge on any atom is -0.344 e. The van der Waals surface area contributed by atoms with E-state index in [-0.39, 0.29) is 11.9 Å². The van der Waals surface area contributed by atoms with Crippen molar-refractivity contribution in [2.75, 3.05) is 0 Å². The van der Waals surface area contributed by atoms with Crippen LogP contribution in [0.15, 0.2) is 30.3 Å². The largest absolute Gasteiger partial charge is 0.344 e. The van der Waals surface area contributed by atoms with Crippen molar-refractivity contribution >= 4 is 27.9 Å². The molecule has 9 heteroatoms. The minimum atomic E-state index is -0.211. The molecule has 4 rings (SSSR count). The molecule has 0 unspecified atom stereocenters. The molecule has 0 saturated heterocycles. The van der Waals surface area contributed by atoms with Crippen molar-refractivity contribution in [1.29, 1.82) is 0 Å². The van der Waals surface area contributed by atoms with Gasteiger partial charge in [0.2, 0.25) is 4.96 Å². The second-order valence-electron chi connectivity index (χ2n) is 5.06. The fourth-order valence-corrected chi connectivity index (χ4v) is 3.03. The molecule has 4 heterocycles. The number of carbonyl (C=O) groups is 1. The third-order valence-electron chi connectivity index (χ3n) is 3.58. The number of nitrogens with one attached hydrogen (secondary N) is 1. The average molecular weight is 315 g/mol. The highest BCUT2D eigenvalue weighted by atomic mass is 32.1. The van der Waals surface area contributed by atoms with E-state index in [4.69, 9.17) is 0 Å². The summed E-state index contributed by atoms with van der Waals surface area (Å²) in [5.41, 5.74) is 3.81. The van der Waals surface area contributed by atoms with E-state index in [0.717, 1.165) is 16.3 Å². The molecule has 8 nitrogen and oxygen atoms in total. The number of rotatable bonds is 3. The van der Waals surface area contributed by atoms with Crippen LogP contribution in [0.3, 0.4) is 0 Å². The molecular formula is C13H13N7OS. The Kier molecular flexibility index (Phi) is 2.76. The van der Waals surface area contributed by atoms with E-state index in [9.17, 15) is 4.79 Å². The van der Waals surface area contributed by atoms with E-state index in [0.29, 0.717) is 5.56 Å². The first-order chi connectivity index (χ1) is 10.6. The van der Waals surface area contributed by atoms with Crippen molar-refractivity contribution in [1.82, 2.24) is 34.1 Å². The van der Waals surface area contributed by atoms with Gasteiger partial charge in [0.25, 0.3) is 5.91 Å². The van der Waals surface area contributed by atoms with Crippen molar-refractivity contribution in [2.24, 2.45) is 7.05 Å². The summed E-state index contributed by atoms with van der Waals surface area (Å²) < 4.78 is 5.25. The number of hydrogen-bond donors (Lipinski definition) is 1. The smallest absolute Gasteiger partial charge is 0.257 e. The normalized spacial score (nSPS) is 13.0. The Bertz CT molecular complexity index is 947. The molecule has 4 aromatic rings. The number of aryl methyl sites for hydroxylation is 1. The van der Waals surface area contributed by atoms with Gasteiger partial charge in [-0.2, -0.15) is 10.2 Å². The quantitative estimate of drug-likeness (QED) is 0.617. The molecule has 0 spiro atoms. The number of amides is 1. The number of nitrogens with zero attached hydrogens (tertiary/aromatic N) is 6. The van der Waals surface area contributed by atoms with Gasteiger partial charge in [-0.15, -0.1) is 0 Å². The number of fused-ring (bicyclic) bond motifs is 2. The summed E-state index contributed by atoms with van der Waals surface area (Å²) in [5.74, 6) is -0.173. The summed E-state index contributed by atoms with van der Waals surface area (Å²) in [6.07, 6.45) is 7.07. The van der Waals surface area contributed by atoms with Crippen molar-refractivity contribution in [3.8, 4) is 0 Å². The predicted octanol–water partition coefficient (Wildman–Crippen LogP) is 1.27. The number of imidazole rings is 2. The van der Waals surface area contributed by atoms with E-state index in [1.165, 1.54) is 11.3 Å². The van der Waals surface area contributed by atoms with Gasteiger partial charge in [-0.3, -0.25) is 4.79 Å². The third-order valence-corrected chi connectivity index (χ3v) is 4.26. The average Bonchev–Trinajstić information content (AvgIpc) is 3.19. The van der Waals surface area contributed by atoms with Crippen LogP contribution in [0.1, 0.15) is 29.0 Å². The second kappa shape index (κ2) is 4.67. The zero-order valence-electron chi connectivity index (χ0n) is 12.0. The molecule has 1 amide bonds. The first kappa shape index (κ1) is 13.0. The lowest BCUT2D eigenvalue weighted by molar-refractivity contribution is 0.0940. The highest BCUT2D eigenvalue weighted by Crippen LogP contribution is 2.17. The van der Waals surface area contributed by atoms with Crippen LogP contribution in [-0.2, 0) is 7.05 Å². The first-order valence-corrected chi connectivity index (χ1v) is 7.60. The Morgan fingerprint density at radius 1 is 1.32 bits per heavy atom. The lowest BCUT2D eigenvalue weighted by Crippen LogP contribution is -2.27. The van der Waals surface area contributed by atoms with Crippen LogP contribution in [0.25, 0.3) is 10.6 Å². The predicted molar refractivity (Wildman–Crippen MR) is 80.9 cm³/mol. The zero-order chi connectivity index (χ0) is 15.3. The van der Waals surface area contributed by atoms with Crippen LogP contribution in [0.2, 0.25) is 0 Å². The van der Waals surface area contributed by atoms with Gasteiger partial charge in [0, 0.05) is 19.4 Å². The maximum absolute atomic E-state index is 12.5. The minimum absolute atomic E-state index is 0.173. The Labute approximate surface area is 129 Å². The molecule has 0 aliphatic rings. The molecule has 4 aromatic heterocycles. The standard InChI is InChI=1S/C13H13N7OS/c1-8(10-6-20-13(17-10)22-7-15-20)16-11(21)9-5-14-19-4-3-18(2)12(9)19/h3-8H,1-2H3,(H,16,21)/t8-/m0/s1. The molecule has 112 valence electrons. The van der Waals surface area contributed by atoms with Gasteiger partial charge in [0.1, 0.15) is 16.7 Å². The fourth-order valence-electron chi connectivity index (χ4n) is 2.42. The maximum Gasteiger partial charge on any atom is 0.257 e. The lowest BCUT2D eigenvalue weighted by atomic mass is 10.2. The SMILES string of the molecule is C[C@H](NC(=O)c1cnn2ccn(C)c12)c1cn2ncsc2n1. The molecule has 0 fully saturated rings. The summed E-state index contributed by atoms with van der Waals surface area (Å²) in [7, 11) is 1.88. The molecule has 0 aliphatic heterocycles. The van der Waals surface area contributed by atoms with Gasteiger partial charge in [-0.05, 0) is 6.92 Å². The van der Waals surface area contributed by atoms with Gasteiger partial charge in [0.15, 0.2) is 0 Å². The molecular weight excluding hydrogens is 302 g/mol. The van der Waals surface area contributed by atoms with Crippen molar-refractivity contribution in [3.05, 3.63) is 41.6 Å². The third kappa shape index (κ3) is 1.90. The molecule has 0 aliphatic carbocycles. The van der Waals surface area contributed by atoms with Crippen molar-refractivity contribution in [3.63, 3.8) is 0 Å². The molecule has 1 atom stereocenters. The van der Waals surface area contributed by atoms with Crippen LogP contribution in [0.5, 0.6) is 0 Å². The van der Waals surface area contributed by atoms with Crippen LogP contribution in [-0.4, -0.2) is 34.7 Å². The first-order valence-electron chi connectivity index (χ1n) is 6.72. The van der Waals surface area contributed by atoms with E-state index in [1.54, 1.807) is 20.7 Å². The Balaban J connectivity index is 1.60. The van der Waals surface area contributed by atoms with Crippen molar-refractivity contribution in [2.45, 2.75) is 13.0 Å². The van der Waals surface area contributed by atoms with Gasteiger partial charge in [-0.25, -0.2) is 14.0 Å². The van der Waals surface area contributed by atoms with E-state index >= 15 is 0 Å². The van der Waals surface area contributed by atoms with Gasteiger partial charge >= 0.3 is 0 Å². The van der Waals surface area contributed by atoms with Crippen LogP contribution >= 0.6 is 11.3 Å². The Morgan fingerprint density at radius 2 is 2.18 bits per heavy atom. The highest BCUT2D eigenvalue weighted by molar-refractivity contribution is 7.14. The lowest BCUT2D eigenvalue weighted by Gasteiger charge is -2.10. The second-order valence-corrected chi connectivity index (χ2v) is 5.87. The molecule has 0 aromatic carbocycles. The van der Waals surface area contributed by atoms with Gasteiger partial charge in [0.05, 0.1) is 24.1 Å². The van der Waals surface area contributed by atoms with Gasteiger partial charge < -0.3 is 9.88 Å². The maximum atomic E-state index is 12.5. The summed E-state index contributed by atoms with van der Waals surface area (Å²) in [4.78, 5) is 17.7. The highest BCUT2D eigenvalue weighted by Gasteiger charge is 2.19. The topological polar surface area (TPSA) is 81.5 Å². The zero-order valence-corrected chi connectivity index (χ0v) is 12.8. The number of hydrogen-bond acceptors (Lipinski definition) is 5. The van der Waals surface area contributed by atoms with E-state index in [1.807, 2.05) is 37.1 Å². The van der Waals surface area contributed by atoms with E-state index in [2.05, 4.69) is 20.5 Å². The van der Waals surface area contributed by atoms with Crippen molar-refractivity contribution < 1.29 is 4.79 Å². The number of aromatic nitrogens is 6. The summed E-state index contributed by atoms with van der Waals surface area (Å²) in [6, 6.07) is -0.211. The monoisotopic (exact) mass is 315 g/mol. The van der Waals surface area contributed by atoms with Crippen LogP contribution < -0.4 is 5.32 Å². The molecule has 0 radical (unpaired) electrons.